The van der Waals surface area contributed by atoms with E-state index in [1.165, 1.54) is 103 Å². The summed E-state index contributed by atoms with van der Waals surface area (Å²) in [4.78, 5) is 23.3. The van der Waals surface area contributed by atoms with Crippen LogP contribution in [0.2, 0.25) is 0 Å². The zero-order valence-electron chi connectivity index (χ0n) is 45.0. The number of nitrogens with zero attached hydrogens (tertiary/aromatic N) is 1. The maximum Gasteiger partial charge on any atom is 0.472 e. The Kier molecular flexibility index (Phi) is 48.1. The molecule has 0 aromatic heterocycles. The fourth-order valence-corrected chi connectivity index (χ4v) is 8.13. The third-order valence-corrected chi connectivity index (χ3v) is 12.7. The van der Waals surface area contributed by atoms with Crippen molar-refractivity contribution in [1.29, 1.82) is 0 Å². The molecule has 0 radical (unpaired) electrons. The summed E-state index contributed by atoms with van der Waals surface area (Å²) in [5.41, 5.74) is 0. The van der Waals surface area contributed by atoms with Crippen LogP contribution in [0.3, 0.4) is 0 Å². The predicted molar refractivity (Wildman–Crippen MR) is 299 cm³/mol. The van der Waals surface area contributed by atoms with Crippen molar-refractivity contribution in [1.82, 2.24) is 5.32 Å². The van der Waals surface area contributed by atoms with Gasteiger partial charge in [-0.3, -0.25) is 13.8 Å². The van der Waals surface area contributed by atoms with Crippen LogP contribution in [0.1, 0.15) is 213 Å². The molecule has 0 saturated carbocycles. The molecule has 0 saturated heterocycles. The van der Waals surface area contributed by atoms with Crippen molar-refractivity contribution in [3.8, 4) is 0 Å². The lowest BCUT2D eigenvalue weighted by Gasteiger charge is -2.25. The lowest BCUT2D eigenvalue weighted by molar-refractivity contribution is -0.870. The van der Waals surface area contributed by atoms with Crippen molar-refractivity contribution in [2.45, 2.75) is 225 Å². The molecule has 396 valence electrons. The molecule has 69 heavy (non-hydrogen) atoms. The van der Waals surface area contributed by atoms with Gasteiger partial charge in [-0.2, -0.15) is 0 Å². The maximum absolute atomic E-state index is 13.0. The van der Waals surface area contributed by atoms with Gasteiger partial charge in [-0.05, 0) is 89.9 Å². The fraction of sp³-hybridized carbons (Fsp3) is 0.683. The van der Waals surface area contributed by atoms with Crippen LogP contribution in [-0.2, 0) is 18.4 Å². The molecular weight excluding hydrogens is 876 g/mol. The third kappa shape index (κ3) is 52.8. The van der Waals surface area contributed by atoms with Crippen molar-refractivity contribution >= 4 is 13.7 Å². The average Bonchev–Trinajstić information content (AvgIpc) is 3.31. The molecule has 0 bridgehead atoms. The number of likely N-dealkylation sites (N-methyl/N-ethyl adjacent to an activating group) is 1. The molecule has 0 spiro atoms. The largest absolute Gasteiger partial charge is 0.472 e. The average molecular weight is 982 g/mol. The minimum absolute atomic E-state index is 0.0431. The molecule has 0 fully saturated rings. The van der Waals surface area contributed by atoms with Crippen molar-refractivity contribution in [3.05, 3.63) is 109 Å². The highest BCUT2D eigenvalue weighted by Gasteiger charge is 2.27. The molecule has 3 atom stereocenters. The van der Waals surface area contributed by atoms with E-state index < -0.39 is 20.0 Å². The van der Waals surface area contributed by atoms with E-state index >= 15 is 0 Å². The lowest BCUT2D eigenvalue weighted by atomic mass is 10.0. The number of aliphatic hydroxyl groups is 1. The Hall–Kier alpha value is -2.84. The standard InChI is InChI=1S/C60H105N2O6P/c1-6-8-10-12-14-16-18-20-22-24-26-28-30-31-32-34-36-38-40-42-44-46-48-50-52-54-60(64)61-58(57-68-69(65,66)67-56-55-62(3,4)5)59(63)53-51-49-47-45-43-41-39-37-35-33-29-27-25-23-21-19-17-15-13-11-9-7-2/h8,10,14,16,20,22,26,28,31-32,36,38,42-45,51,53,58-59,63H,6-7,9,11-13,15,17-19,21,23-25,27,29-30,33-35,37,39-41,46-50,52,54-57H2,1-5H3,(H-,61,64,65,66)/p+1/b10-8-,16-14-,22-20-,28-26-,32-31-,38-36-,44-42-,45-43+,53-51+. The Morgan fingerprint density at radius 3 is 1.33 bits per heavy atom. The van der Waals surface area contributed by atoms with Crippen LogP contribution in [0.15, 0.2) is 109 Å². The van der Waals surface area contributed by atoms with E-state index in [0.29, 0.717) is 23.9 Å². The van der Waals surface area contributed by atoms with E-state index in [0.717, 1.165) is 83.5 Å². The number of carbonyl (C=O) groups excluding carboxylic acids is 1. The van der Waals surface area contributed by atoms with Crippen molar-refractivity contribution < 1.29 is 32.9 Å². The van der Waals surface area contributed by atoms with Crippen LogP contribution in [0, 0.1) is 0 Å². The molecule has 1 amide bonds. The molecule has 0 aliphatic heterocycles. The van der Waals surface area contributed by atoms with Crippen LogP contribution < -0.4 is 5.32 Å². The number of rotatable bonds is 49. The summed E-state index contributed by atoms with van der Waals surface area (Å²) in [7, 11) is 1.52. The van der Waals surface area contributed by atoms with Crippen molar-refractivity contribution in [2.75, 3.05) is 40.9 Å². The normalized spacial score (nSPS) is 14.8. The summed E-state index contributed by atoms with van der Waals surface area (Å²) in [6.45, 7) is 4.65. The van der Waals surface area contributed by atoms with E-state index in [4.69, 9.17) is 9.05 Å². The van der Waals surface area contributed by atoms with Crippen molar-refractivity contribution in [2.24, 2.45) is 0 Å². The zero-order valence-corrected chi connectivity index (χ0v) is 45.9. The minimum Gasteiger partial charge on any atom is -0.387 e. The first-order chi connectivity index (χ1) is 33.5. The van der Waals surface area contributed by atoms with E-state index in [9.17, 15) is 19.4 Å². The van der Waals surface area contributed by atoms with Gasteiger partial charge in [-0.15, -0.1) is 0 Å². The topological polar surface area (TPSA) is 105 Å². The Balaban J connectivity index is 4.41. The van der Waals surface area contributed by atoms with Crippen LogP contribution in [0.25, 0.3) is 0 Å². The van der Waals surface area contributed by atoms with Gasteiger partial charge in [0.2, 0.25) is 5.91 Å². The molecule has 0 aromatic carbocycles. The van der Waals surface area contributed by atoms with Crippen LogP contribution in [0.4, 0.5) is 0 Å². The highest BCUT2D eigenvalue weighted by Crippen LogP contribution is 2.43. The monoisotopic (exact) mass is 982 g/mol. The number of hydrogen-bond acceptors (Lipinski definition) is 5. The minimum atomic E-state index is -4.37. The number of quaternary nitrogens is 1. The quantitative estimate of drug-likeness (QED) is 0.0243. The first-order valence-corrected chi connectivity index (χ1v) is 29.3. The predicted octanol–water partition coefficient (Wildman–Crippen LogP) is 16.8. The first-order valence-electron chi connectivity index (χ1n) is 27.8. The number of hydrogen-bond donors (Lipinski definition) is 3. The van der Waals surface area contributed by atoms with Gasteiger partial charge in [0.1, 0.15) is 13.2 Å². The van der Waals surface area contributed by atoms with Gasteiger partial charge < -0.3 is 19.8 Å². The molecule has 3 unspecified atom stereocenters. The van der Waals surface area contributed by atoms with E-state index in [-0.39, 0.29) is 19.1 Å². The second kappa shape index (κ2) is 50.1. The molecule has 0 aromatic rings. The van der Waals surface area contributed by atoms with Crippen molar-refractivity contribution in [3.63, 3.8) is 0 Å². The number of nitrogens with one attached hydrogen (secondary N) is 1. The molecule has 0 heterocycles. The van der Waals surface area contributed by atoms with E-state index in [1.807, 2.05) is 27.2 Å². The SMILES string of the molecule is CC/C=C\C/C=C\C/C=C\C/C=C\C/C=C\C/C=C\C/C=C\CCCCCC(=O)NC(COP(=O)(O)OCC[N+](C)(C)C)C(O)/C=C/CC/C=C/CCCCCCCCCCCCCCCCCC. The molecule has 8 nitrogen and oxygen atoms in total. The van der Waals surface area contributed by atoms with E-state index in [2.05, 4.69) is 116 Å². The Bertz CT molecular complexity index is 1490. The smallest absolute Gasteiger partial charge is 0.387 e. The van der Waals surface area contributed by atoms with Crippen LogP contribution >= 0.6 is 7.82 Å². The maximum atomic E-state index is 13.0. The summed E-state index contributed by atoms with van der Waals surface area (Å²) in [6, 6.07) is -0.890. The number of carbonyl (C=O) groups is 1. The van der Waals surface area contributed by atoms with Gasteiger partial charge in [-0.25, -0.2) is 4.57 Å². The summed E-state index contributed by atoms with van der Waals surface area (Å²) in [5, 5.41) is 13.9. The summed E-state index contributed by atoms with van der Waals surface area (Å²) in [5.74, 6) is -0.222. The summed E-state index contributed by atoms with van der Waals surface area (Å²) in [6.07, 6.45) is 73.3. The highest BCUT2D eigenvalue weighted by molar-refractivity contribution is 7.47. The zero-order chi connectivity index (χ0) is 50.6. The number of allylic oxidation sites excluding steroid dienone is 17. The Morgan fingerprint density at radius 1 is 0.507 bits per heavy atom. The summed E-state index contributed by atoms with van der Waals surface area (Å²) >= 11 is 0. The number of aliphatic hydroxyl groups excluding tert-OH is 1. The molecular formula is C60H106N2O6P+. The van der Waals surface area contributed by atoms with Gasteiger partial charge in [0.25, 0.3) is 0 Å². The van der Waals surface area contributed by atoms with E-state index in [1.54, 1.807) is 6.08 Å². The lowest BCUT2D eigenvalue weighted by Crippen LogP contribution is -2.45. The first kappa shape index (κ1) is 66.2. The Morgan fingerprint density at radius 2 is 0.884 bits per heavy atom. The molecule has 3 N–H and O–H groups in total. The number of amides is 1. The number of unbranched alkanes of at least 4 members (excludes halogenated alkanes) is 20. The van der Waals surface area contributed by atoms with Gasteiger partial charge in [0.05, 0.1) is 39.9 Å². The van der Waals surface area contributed by atoms with Gasteiger partial charge in [0, 0.05) is 6.42 Å². The molecule has 0 aliphatic rings. The van der Waals surface area contributed by atoms with Gasteiger partial charge in [-0.1, -0.05) is 226 Å². The van der Waals surface area contributed by atoms with Gasteiger partial charge in [0.15, 0.2) is 0 Å². The van der Waals surface area contributed by atoms with Gasteiger partial charge >= 0.3 is 7.82 Å². The van der Waals surface area contributed by atoms with Crippen LogP contribution in [0.5, 0.6) is 0 Å². The third-order valence-electron chi connectivity index (χ3n) is 11.7. The second-order valence-electron chi connectivity index (χ2n) is 19.6. The highest BCUT2D eigenvalue weighted by atomic mass is 31.2. The number of phosphoric acid groups is 1. The molecule has 0 rings (SSSR count). The second-order valence-corrected chi connectivity index (χ2v) is 21.0. The summed E-state index contributed by atoms with van der Waals surface area (Å²) < 4.78 is 23.7. The molecule has 9 heteroatoms. The fourth-order valence-electron chi connectivity index (χ4n) is 7.39. The van der Waals surface area contributed by atoms with Crippen LogP contribution in [-0.4, -0.2) is 73.4 Å². The number of phosphoric ester groups is 1. The molecule has 0 aliphatic carbocycles. The Labute approximate surface area is 425 Å².